The molecule has 2 aliphatic rings. The smallest absolute Gasteiger partial charge is 0.449 e. The second-order valence-corrected chi connectivity index (χ2v) is 11.5. The third kappa shape index (κ3) is 5.50. The van der Waals surface area contributed by atoms with Gasteiger partial charge in [-0.25, -0.2) is 9.78 Å². The van der Waals surface area contributed by atoms with Gasteiger partial charge in [-0.2, -0.15) is 13.2 Å². The average molecular weight is 636 g/mol. The number of hydrogen-bond acceptors (Lipinski definition) is 9. The number of thiophene rings is 1. The van der Waals surface area contributed by atoms with E-state index in [2.05, 4.69) is 9.97 Å². The number of esters is 1. The van der Waals surface area contributed by atoms with E-state index in [-0.39, 0.29) is 30.7 Å². The maximum atomic E-state index is 14.1. The minimum atomic E-state index is -4.86. The number of halogens is 4. The number of ether oxygens (including phenoxy) is 4. The molecule has 0 amide bonds. The molecule has 0 N–H and O–H groups in total. The summed E-state index contributed by atoms with van der Waals surface area (Å²) >= 11 is 7.62. The Bertz CT molecular complexity index is 1800. The summed E-state index contributed by atoms with van der Waals surface area (Å²) in [6.07, 6.45) is -4.37. The van der Waals surface area contributed by atoms with E-state index >= 15 is 0 Å². The zero-order chi connectivity index (χ0) is 30.5. The van der Waals surface area contributed by atoms with E-state index < -0.39 is 35.9 Å². The summed E-state index contributed by atoms with van der Waals surface area (Å²) in [6, 6.07) is 6.67. The lowest BCUT2D eigenvalue weighted by Crippen LogP contribution is -2.44. The third-order valence-corrected chi connectivity index (χ3v) is 8.70. The number of carbonyl (C=O) groups excluding carboxylic acids is 1. The monoisotopic (exact) mass is 635 g/mol. The van der Waals surface area contributed by atoms with Crippen molar-refractivity contribution in [2.75, 3.05) is 26.9 Å². The number of fused-ring (bicyclic) bond motifs is 2. The van der Waals surface area contributed by atoms with Crippen molar-refractivity contribution in [3.8, 4) is 16.9 Å². The van der Waals surface area contributed by atoms with Crippen LogP contribution in [0.3, 0.4) is 0 Å². The van der Waals surface area contributed by atoms with E-state index in [1.165, 1.54) is 18.4 Å². The number of nitrogens with zero attached hydrogens (tertiary/aromatic N) is 3. The number of alkyl halides is 3. The maximum Gasteiger partial charge on any atom is 0.449 e. The SMILES string of the molecule is COC(=O)c1csc2c(-c3cc(Cl)ccc3OCCn3c(C(F)(F)F)nc4c(c3=O)CC3(CC4)OCCO3)cc(C)nc12. The van der Waals surface area contributed by atoms with Crippen LogP contribution in [0.5, 0.6) is 5.75 Å². The Hall–Kier alpha value is -3.52. The molecule has 0 bridgehead atoms. The van der Waals surface area contributed by atoms with E-state index in [4.69, 9.17) is 30.5 Å². The zero-order valence-electron chi connectivity index (χ0n) is 23.0. The molecule has 1 aromatic carbocycles. The zero-order valence-corrected chi connectivity index (χ0v) is 24.6. The normalized spacial score (nSPS) is 16.0. The van der Waals surface area contributed by atoms with Gasteiger partial charge >= 0.3 is 12.1 Å². The van der Waals surface area contributed by atoms with Gasteiger partial charge in [0.25, 0.3) is 5.56 Å². The van der Waals surface area contributed by atoms with E-state index in [9.17, 15) is 22.8 Å². The van der Waals surface area contributed by atoms with Crippen LogP contribution in [0, 0.1) is 6.92 Å². The molecule has 43 heavy (non-hydrogen) atoms. The molecule has 4 heterocycles. The second-order valence-electron chi connectivity index (χ2n) is 10.2. The van der Waals surface area contributed by atoms with Crippen LogP contribution in [0.25, 0.3) is 21.3 Å². The van der Waals surface area contributed by atoms with Gasteiger partial charge in [0.1, 0.15) is 12.4 Å². The highest BCUT2D eigenvalue weighted by molar-refractivity contribution is 7.18. The molecular weight excluding hydrogens is 611 g/mol. The van der Waals surface area contributed by atoms with Gasteiger partial charge < -0.3 is 18.9 Å². The lowest BCUT2D eigenvalue weighted by Gasteiger charge is -2.32. The summed E-state index contributed by atoms with van der Waals surface area (Å²) < 4.78 is 65.8. The highest BCUT2D eigenvalue weighted by atomic mass is 35.5. The van der Waals surface area contributed by atoms with E-state index in [1.54, 1.807) is 36.6 Å². The van der Waals surface area contributed by atoms with Crippen molar-refractivity contribution >= 4 is 39.1 Å². The van der Waals surface area contributed by atoms with Crippen molar-refractivity contribution in [3.63, 3.8) is 0 Å². The molecule has 14 heteroatoms. The number of rotatable bonds is 6. The Kier molecular flexibility index (Phi) is 7.69. The molecule has 226 valence electrons. The number of hydrogen-bond donors (Lipinski definition) is 0. The number of benzene rings is 1. The Morgan fingerprint density at radius 1 is 1.19 bits per heavy atom. The van der Waals surface area contributed by atoms with Crippen LogP contribution in [-0.4, -0.2) is 53.2 Å². The Morgan fingerprint density at radius 3 is 2.67 bits per heavy atom. The van der Waals surface area contributed by atoms with Crippen molar-refractivity contribution in [1.82, 2.24) is 14.5 Å². The molecule has 0 atom stereocenters. The second kappa shape index (κ2) is 11.2. The predicted molar refractivity (Wildman–Crippen MR) is 152 cm³/mol. The van der Waals surface area contributed by atoms with Gasteiger partial charge in [-0.1, -0.05) is 11.6 Å². The lowest BCUT2D eigenvalue weighted by molar-refractivity contribution is -0.165. The van der Waals surface area contributed by atoms with Crippen molar-refractivity contribution in [1.29, 1.82) is 0 Å². The number of carbonyl (C=O) groups is 1. The molecule has 0 unspecified atom stereocenters. The van der Waals surface area contributed by atoms with Gasteiger partial charge in [-0.15, -0.1) is 11.3 Å². The summed E-state index contributed by atoms with van der Waals surface area (Å²) in [7, 11) is 1.29. The molecule has 9 nitrogen and oxygen atoms in total. The Morgan fingerprint density at radius 2 is 1.95 bits per heavy atom. The Labute approximate surface area is 252 Å². The first-order chi connectivity index (χ1) is 20.5. The molecule has 1 spiro atoms. The number of methoxy groups -OCH3 is 1. The van der Waals surface area contributed by atoms with Crippen LogP contribution >= 0.6 is 22.9 Å². The Balaban J connectivity index is 1.34. The van der Waals surface area contributed by atoms with E-state index in [0.29, 0.717) is 67.6 Å². The topological polar surface area (TPSA) is 102 Å². The molecule has 1 aliphatic heterocycles. The van der Waals surface area contributed by atoms with Gasteiger partial charge in [0.15, 0.2) is 5.79 Å². The van der Waals surface area contributed by atoms with E-state index in [1.807, 2.05) is 0 Å². The molecule has 6 rings (SSSR count). The van der Waals surface area contributed by atoms with Crippen molar-refractivity contribution in [3.05, 3.63) is 73.4 Å². The van der Waals surface area contributed by atoms with Crippen LogP contribution in [-0.2, 0) is 39.8 Å². The van der Waals surface area contributed by atoms with Gasteiger partial charge in [-0.3, -0.25) is 14.3 Å². The molecule has 1 saturated heterocycles. The molecule has 1 aliphatic carbocycles. The highest BCUT2D eigenvalue weighted by Crippen LogP contribution is 2.41. The molecule has 0 saturated carbocycles. The van der Waals surface area contributed by atoms with Crippen LogP contribution < -0.4 is 10.3 Å². The molecule has 4 aromatic rings. The van der Waals surface area contributed by atoms with E-state index in [0.717, 1.165) is 0 Å². The summed E-state index contributed by atoms with van der Waals surface area (Å²) in [6.45, 7) is 1.79. The standard InChI is InChI=1S/C29H25ClF3N3O6S/c1-15-11-18(24-23(34-15)20(14-43-24)26(38)39-2)17-12-16(30)3-4-22(17)40-8-7-36-25(37)19-13-28(41-9-10-42-28)6-5-21(19)35-27(36)29(31,32)33/h3-4,11-12,14H,5-10,13H2,1-2H3. The van der Waals surface area contributed by atoms with Crippen LogP contribution in [0.15, 0.2) is 34.4 Å². The molecular formula is C29H25ClF3N3O6S. The summed E-state index contributed by atoms with van der Waals surface area (Å²) in [5.41, 5.74) is 2.07. The summed E-state index contributed by atoms with van der Waals surface area (Å²) in [4.78, 5) is 34.2. The van der Waals surface area contributed by atoms with Crippen LogP contribution in [0.4, 0.5) is 13.2 Å². The first kappa shape index (κ1) is 29.5. The van der Waals surface area contributed by atoms with Crippen molar-refractivity contribution in [2.45, 2.75) is 44.7 Å². The quantitative estimate of drug-likeness (QED) is 0.253. The highest BCUT2D eigenvalue weighted by Gasteiger charge is 2.44. The summed E-state index contributed by atoms with van der Waals surface area (Å²) in [5, 5.41) is 2.05. The summed E-state index contributed by atoms with van der Waals surface area (Å²) in [5.74, 6) is -2.49. The van der Waals surface area contributed by atoms with Crippen LogP contribution in [0.1, 0.15) is 39.6 Å². The van der Waals surface area contributed by atoms with Gasteiger partial charge in [0.2, 0.25) is 5.82 Å². The maximum absolute atomic E-state index is 14.1. The fourth-order valence-corrected chi connectivity index (χ4v) is 6.71. The molecule has 3 aromatic heterocycles. The first-order valence-corrected chi connectivity index (χ1v) is 14.6. The number of aryl methyl sites for hydroxylation is 2. The largest absolute Gasteiger partial charge is 0.491 e. The minimum absolute atomic E-state index is 0.0280. The third-order valence-electron chi connectivity index (χ3n) is 7.46. The van der Waals surface area contributed by atoms with Gasteiger partial charge in [-0.05, 0) is 37.6 Å². The van der Waals surface area contributed by atoms with Crippen LogP contribution in [0.2, 0.25) is 5.02 Å². The average Bonchev–Trinajstić information content (AvgIpc) is 3.61. The van der Waals surface area contributed by atoms with Crippen molar-refractivity contribution in [2.24, 2.45) is 0 Å². The first-order valence-electron chi connectivity index (χ1n) is 13.4. The number of aromatic nitrogens is 3. The van der Waals surface area contributed by atoms with Crippen molar-refractivity contribution < 1.29 is 36.9 Å². The van der Waals surface area contributed by atoms with Gasteiger partial charge in [0, 0.05) is 45.6 Å². The van der Waals surface area contributed by atoms with Gasteiger partial charge in [0.05, 0.1) is 48.3 Å². The molecule has 0 radical (unpaired) electrons. The fraction of sp³-hybridized carbons (Fsp3) is 0.379. The molecule has 1 fully saturated rings. The number of pyridine rings is 1. The fourth-order valence-electron chi connectivity index (χ4n) is 5.53. The predicted octanol–water partition coefficient (Wildman–Crippen LogP) is 5.60. The lowest BCUT2D eigenvalue weighted by atomic mass is 9.91. The minimum Gasteiger partial charge on any atom is -0.491 e.